The lowest BCUT2D eigenvalue weighted by atomic mass is 10.2. The Labute approximate surface area is 117 Å². The first-order valence-electron chi connectivity index (χ1n) is 5.61. The monoisotopic (exact) mass is 335 g/mol. The van der Waals surface area contributed by atoms with Gasteiger partial charge in [-0.25, -0.2) is 12.7 Å². The highest BCUT2D eigenvalue weighted by Gasteiger charge is 2.20. The molecule has 0 heterocycles. The standard InChI is InChI=1S/C12H18BrNO3S/c1-10-9-11(5-6-12(10)13)18(15,16)14(2)7-4-8-17-3/h5-6,9H,4,7-8H2,1-3H3. The normalized spacial score (nSPS) is 12.1. The first-order chi connectivity index (χ1) is 8.39. The molecule has 1 aromatic carbocycles. The predicted molar refractivity (Wildman–Crippen MR) is 75.2 cm³/mol. The minimum absolute atomic E-state index is 0.322. The topological polar surface area (TPSA) is 46.6 Å². The molecule has 102 valence electrons. The van der Waals surface area contributed by atoms with E-state index in [1.807, 2.05) is 6.92 Å². The number of rotatable bonds is 6. The second-order valence-corrected chi connectivity index (χ2v) is 6.98. The summed E-state index contributed by atoms with van der Waals surface area (Å²) in [4.78, 5) is 0.322. The van der Waals surface area contributed by atoms with E-state index in [1.165, 1.54) is 4.31 Å². The highest BCUT2D eigenvalue weighted by atomic mass is 79.9. The van der Waals surface area contributed by atoms with E-state index in [2.05, 4.69) is 15.9 Å². The molecule has 0 aromatic heterocycles. The largest absolute Gasteiger partial charge is 0.385 e. The minimum atomic E-state index is -3.40. The number of aryl methyl sites for hydroxylation is 1. The van der Waals surface area contributed by atoms with Crippen LogP contribution in [0.1, 0.15) is 12.0 Å². The van der Waals surface area contributed by atoms with Crippen LogP contribution in [0.3, 0.4) is 0 Å². The second-order valence-electron chi connectivity index (χ2n) is 4.08. The first kappa shape index (κ1) is 15.6. The summed E-state index contributed by atoms with van der Waals surface area (Å²) >= 11 is 3.36. The van der Waals surface area contributed by atoms with E-state index in [9.17, 15) is 8.42 Å². The highest BCUT2D eigenvalue weighted by molar-refractivity contribution is 9.10. The fourth-order valence-electron chi connectivity index (χ4n) is 1.51. The summed E-state index contributed by atoms with van der Waals surface area (Å²) in [5.74, 6) is 0. The second kappa shape index (κ2) is 6.65. The van der Waals surface area contributed by atoms with Crippen molar-refractivity contribution in [3.05, 3.63) is 28.2 Å². The van der Waals surface area contributed by atoms with Crippen molar-refractivity contribution in [2.45, 2.75) is 18.2 Å². The van der Waals surface area contributed by atoms with Crippen LogP contribution >= 0.6 is 15.9 Å². The predicted octanol–water partition coefficient (Wildman–Crippen LogP) is 2.41. The van der Waals surface area contributed by atoms with Gasteiger partial charge in [0.05, 0.1) is 4.90 Å². The molecule has 0 amide bonds. The number of hydrogen-bond donors (Lipinski definition) is 0. The SMILES string of the molecule is COCCCN(C)S(=O)(=O)c1ccc(Br)c(C)c1. The molecule has 0 aliphatic heterocycles. The molecule has 0 fully saturated rings. The van der Waals surface area contributed by atoms with Crippen LogP contribution in [0.15, 0.2) is 27.6 Å². The molecule has 6 heteroatoms. The third-order valence-electron chi connectivity index (χ3n) is 2.66. The van der Waals surface area contributed by atoms with Crippen molar-refractivity contribution in [2.75, 3.05) is 27.3 Å². The van der Waals surface area contributed by atoms with Gasteiger partial charge in [-0.1, -0.05) is 15.9 Å². The summed E-state index contributed by atoms with van der Waals surface area (Å²) in [6, 6.07) is 5.04. The van der Waals surface area contributed by atoms with Crippen molar-refractivity contribution in [2.24, 2.45) is 0 Å². The van der Waals surface area contributed by atoms with Crippen LogP contribution < -0.4 is 0 Å². The Balaban J connectivity index is 2.88. The Bertz CT molecular complexity index is 502. The maximum Gasteiger partial charge on any atom is 0.242 e. The van der Waals surface area contributed by atoms with Gasteiger partial charge in [0.15, 0.2) is 0 Å². The molecular weight excluding hydrogens is 318 g/mol. The smallest absolute Gasteiger partial charge is 0.242 e. The highest BCUT2D eigenvalue weighted by Crippen LogP contribution is 2.22. The summed E-state index contributed by atoms with van der Waals surface area (Å²) in [6.07, 6.45) is 0.682. The molecule has 4 nitrogen and oxygen atoms in total. The number of halogens is 1. The number of nitrogens with zero attached hydrogens (tertiary/aromatic N) is 1. The van der Waals surface area contributed by atoms with Crippen molar-refractivity contribution >= 4 is 26.0 Å². The summed E-state index contributed by atoms with van der Waals surface area (Å²) in [5, 5.41) is 0. The zero-order chi connectivity index (χ0) is 13.8. The van der Waals surface area contributed by atoms with E-state index in [4.69, 9.17) is 4.74 Å². The number of benzene rings is 1. The molecule has 0 bridgehead atoms. The number of hydrogen-bond acceptors (Lipinski definition) is 3. The average Bonchev–Trinajstić information content (AvgIpc) is 2.32. The Morgan fingerprint density at radius 2 is 2.06 bits per heavy atom. The van der Waals surface area contributed by atoms with Gasteiger partial charge in [-0.15, -0.1) is 0 Å². The Morgan fingerprint density at radius 1 is 1.39 bits per heavy atom. The van der Waals surface area contributed by atoms with Crippen molar-refractivity contribution in [1.82, 2.24) is 4.31 Å². The quantitative estimate of drug-likeness (QED) is 0.750. The number of sulfonamides is 1. The summed E-state index contributed by atoms with van der Waals surface area (Å²) in [7, 11) is -0.212. The molecular formula is C12H18BrNO3S. The molecule has 0 unspecified atom stereocenters. The van der Waals surface area contributed by atoms with Crippen molar-refractivity contribution < 1.29 is 13.2 Å². The number of methoxy groups -OCH3 is 1. The minimum Gasteiger partial charge on any atom is -0.385 e. The molecule has 18 heavy (non-hydrogen) atoms. The van der Waals surface area contributed by atoms with Crippen molar-refractivity contribution in [3.8, 4) is 0 Å². The molecule has 1 aromatic rings. The van der Waals surface area contributed by atoms with Gasteiger partial charge in [-0.2, -0.15) is 0 Å². The van der Waals surface area contributed by atoms with Gasteiger partial charge in [0.1, 0.15) is 0 Å². The lowest BCUT2D eigenvalue weighted by Crippen LogP contribution is -2.28. The van der Waals surface area contributed by atoms with Crippen molar-refractivity contribution in [1.29, 1.82) is 0 Å². The molecule has 0 saturated heterocycles. The van der Waals surface area contributed by atoms with Gasteiger partial charge in [0.2, 0.25) is 10.0 Å². The van der Waals surface area contributed by atoms with Gasteiger partial charge in [0.25, 0.3) is 0 Å². The van der Waals surface area contributed by atoms with Crippen molar-refractivity contribution in [3.63, 3.8) is 0 Å². The maximum absolute atomic E-state index is 12.3. The molecule has 0 aliphatic rings. The Morgan fingerprint density at radius 3 is 2.61 bits per heavy atom. The van der Waals surface area contributed by atoms with Gasteiger partial charge in [0, 0.05) is 31.8 Å². The van der Waals surface area contributed by atoms with Crippen LogP contribution in [-0.2, 0) is 14.8 Å². The molecule has 0 N–H and O–H groups in total. The van der Waals surface area contributed by atoms with E-state index >= 15 is 0 Å². The summed E-state index contributed by atoms with van der Waals surface area (Å²) in [6.45, 7) is 2.87. The third kappa shape index (κ3) is 3.78. The van der Waals surface area contributed by atoms with Gasteiger partial charge < -0.3 is 4.74 Å². The summed E-state index contributed by atoms with van der Waals surface area (Å²) < 4.78 is 31.7. The van der Waals surface area contributed by atoms with Gasteiger partial charge in [-0.3, -0.25) is 0 Å². The molecule has 0 atom stereocenters. The van der Waals surface area contributed by atoms with Crippen LogP contribution in [-0.4, -0.2) is 40.0 Å². The van der Waals surface area contributed by atoms with Crippen LogP contribution in [0.5, 0.6) is 0 Å². The van der Waals surface area contributed by atoms with E-state index in [1.54, 1.807) is 32.4 Å². The first-order valence-corrected chi connectivity index (χ1v) is 7.84. The third-order valence-corrected chi connectivity index (χ3v) is 5.40. The maximum atomic E-state index is 12.3. The van der Waals surface area contributed by atoms with Gasteiger partial charge >= 0.3 is 0 Å². The Hall–Kier alpha value is -0.430. The van der Waals surface area contributed by atoms with Gasteiger partial charge in [-0.05, 0) is 37.1 Å². The molecule has 0 saturated carbocycles. The molecule has 0 spiro atoms. The van der Waals surface area contributed by atoms with Crippen LogP contribution in [0.25, 0.3) is 0 Å². The lowest BCUT2D eigenvalue weighted by molar-refractivity contribution is 0.189. The molecule has 1 rings (SSSR count). The Kier molecular flexibility index (Phi) is 5.78. The zero-order valence-electron chi connectivity index (χ0n) is 10.8. The van der Waals surface area contributed by atoms with E-state index < -0.39 is 10.0 Å². The number of ether oxygens (including phenoxy) is 1. The molecule has 0 radical (unpaired) electrons. The summed E-state index contributed by atoms with van der Waals surface area (Å²) in [5.41, 5.74) is 0.904. The van der Waals surface area contributed by atoms with E-state index in [-0.39, 0.29) is 0 Å². The average molecular weight is 336 g/mol. The molecule has 0 aliphatic carbocycles. The van der Waals surface area contributed by atoms with E-state index in [0.717, 1.165) is 10.0 Å². The lowest BCUT2D eigenvalue weighted by Gasteiger charge is -2.17. The zero-order valence-corrected chi connectivity index (χ0v) is 13.2. The van der Waals surface area contributed by atoms with Crippen LogP contribution in [0.2, 0.25) is 0 Å². The van der Waals surface area contributed by atoms with Crippen LogP contribution in [0, 0.1) is 6.92 Å². The fraction of sp³-hybridized carbons (Fsp3) is 0.500. The van der Waals surface area contributed by atoms with Crippen LogP contribution in [0.4, 0.5) is 0 Å². The fourth-order valence-corrected chi connectivity index (χ4v) is 3.05. The van der Waals surface area contributed by atoms with E-state index in [0.29, 0.717) is 24.5 Å².